The zero-order valence-corrected chi connectivity index (χ0v) is 14.1. The van der Waals surface area contributed by atoms with E-state index >= 15 is 0 Å². The van der Waals surface area contributed by atoms with Crippen molar-refractivity contribution in [1.82, 2.24) is 4.72 Å². The van der Waals surface area contributed by atoms with Gasteiger partial charge in [-0.2, -0.15) is 0 Å². The summed E-state index contributed by atoms with van der Waals surface area (Å²) in [6.45, 7) is 8.01. The van der Waals surface area contributed by atoms with Crippen LogP contribution in [0, 0.1) is 25.7 Å². The lowest BCUT2D eigenvalue weighted by molar-refractivity contribution is 0.242. The fraction of sp³-hybridized carbons (Fsp3) is 0.625. The van der Waals surface area contributed by atoms with Gasteiger partial charge in [-0.05, 0) is 62.1 Å². The minimum atomic E-state index is -3.51. The van der Waals surface area contributed by atoms with Gasteiger partial charge in [0.05, 0.1) is 4.90 Å². The zero-order chi connectivity index (χ0) is 15.8. The van der Waals surface area contributed by atoms with Gasteiger partial charge in [-0.15, -0.1) is 0 Å². The molecule has 0 radical (unpaired) electrons. The van der Waals surface area contributed by atoms with E-state index in [4.69, 9.17) is 5.73 Å². The molecule has 0 aliphatic heterocycles. The van der Waals surface area contributed by atoms with Gasteiger partial charge < -0.3 is 5.73 Å². The van der Waals surface area contributed by atoms with Crippen molar-refractivity contribution in [3.8, 4) is 0 Å². The van der Waals surface area contributed by atoms with Crippen LogP contribution in [-0.4, -0.2) is 14.5 Å². The van der Waals surface area contributed by atoms with Crippen molar-refractivity contribution in [2.24, 2.45) is 11.8 Å². The summed E-state index contributed by atoms with van der Waals surface area (Å²) in [4.78, 5) is 0.341. The first-order chi connectivity index (χ1) is 9.72. The number of rotatable bonds is 3. The third-order valence-electron chi connectivity index (χ3n) is 4.83. The largest absolute Gasteiger partial charge is 0.398 e. The van der Waals surface area contributed by atoms with E-state index in [1.54, 1.807) is 19.1 Å². The number of hydrogen-bond donors (Lipinski definition) is 2. The highest BCUT2D eigenvalue weighted by Crippen LogP contribution is 2.31. The van der Waals surface area contributed by atoms with E-state index in [0.717, 1.165) is 24.8 Å². The Morgan fingerprint density at radius 1 is 1.14 bits per heavy atom. The Morgan fingerprint density at radius 3 is 2.43 bits per heavy atom. The molecule has 5 heteroatoms. The molecule has 1 aromatic rings. The van der Waals surface area contributed by atoms with Gasteiger partial charge in [-0.1, -0.05) is 19.9 Å². The maximum Gasteiger partial charge on any atom is 0.241 e. The predicted molar refractivity (Wildman–Crippen MR) is 86.6 cm³/mol. The number of nitrogens with two attached hydrogens (primary N) is 1. The van der Waals surface area contributed by atoms with Crippen molar-refractivity contribution in [3.63, 3.8) is 0 Å². The Bertz CT molecular complexity index is 625. The van der Waals surface area contributed by atoms with E-state index in [9.17, 15) is 8.42 Å². The number of anilines is 1. The summed E-state index contributed by atoms with van der Waals surface area (Å²) in [5, 5.41) is 0. The Kier molecular flexibility index (Phi) is 4.63. The van der Waals surface area contributed by atoms with E-state index < -0.39 is 10.0 Å². The number of hydrogen-bond acceptors (Lipinski definition) is 3. The molecule has 0 saturated heterocycles. The summed E-state index contributed by atoms with van der Waals surface area (Å²) in [5.41, 5.74) is 7.77. The fourth-order valence-corrected chi connectivity index (χ4v) is 4.97. The first kappa shape index (κ1) is 16.3. The van der Waals surface area contributed by atoms with Crippen molar-refractivity contribution in [2.45, 2.75) is 57.9 Å². The van der Waals surface area contributed by atoms with E-state index in [1.807, 2.05) is 6.92 Å². The summed E-state index contributed by atoms with van der Waals surface area (Å²) in [6, 6.07) is 3.55. The summed E-state index contributed by atoms with van der Waals surface area (Å²) in [6.07, 6.45) is 2.88. The van der Waals surface area contributed by atoms with E-state index in [0.29, 0.717) is 28.0 Å². The Hall–Kier alpha value is -1.07. The van der Waals surface area contributed by atoms with Crippen LogP contribution in [0.1, 0.15) is 44.2 Å². The van der Waals surface area contributed by atoms with Crippen molar-refractivity contribution >= 4 is 15.7 Å². The van der Waals surface area contributed by atoms with Gasteiger partial charge in [0.15, 0.2) is 0 Å². The Morgan fingerprint density at radius 2 is 1.81 bits per heavy atom. The lowest BCUT2D eigenvalue weighted by Gasteiger charge is -2.32. The first-order valence-corrected chi connectivity index (χ1v) is 9.08. The van der Waals surface area contributed by atoms with Crippen molar-refractivity contribution in [1.29, 1.82) is 0 Å². The third-order valence-corrected chi connectivity index (χ3v) is 6.64. The SMILES string of the molecule is Cc1ccc(N)c(C)c1S(=O)(=O)NC1CCC(C)C(C)C1. The maximum atomic E-state index is 12.7. The van der Waals surface area contributed by atoms with Crippen molar-refractivity contribution < 1.29 is 8.42 Å². The average Bonchev–Trinajstić information content (AvgIpc) is 2.38. The van der Waals surface area contributed by atoms with Crippen LogP contribution in [0.2, 0.25) is 0 Å². The minimum Gasteiger partial charge on any atom is -0.398 e. The summed E-state index contributed by atoms with van der Waals surface area (Å²) >= 11 is 0. The van der Waals surface area contributed by atoms with Gasteiger partial charge in [0.1, 0.15) is 0 Å². The van der Waals surface area contributed by atoms with Crippen LogP contribution in [0.5, 0.6) is 0 Å². The third kappa shape index (κ3) is 3.40. The molecule has 0 amide bonds. The number of sulfonamides is 1. The molecular weight excluding hydrogens is 284 g/mol. The molecule has 3 atom stereocenters. The minimum absolute atomic E-state index is 0.0291. The molecule has 3 unspecified atom stereocenters. The summed E-state index contributed by atoms with van der Waals surface area (Å²) < 4.78 is 28.3. The highest BCUT2D eigenvalue weighted by atomic mass is 32.2. The fourth-order valence-electron chi connectivity index (χ4n) is 3.19. The van der Waals surface area contributed by atoms with Crippen LogP contribution >= 0.6 is 0 Å². The van der Waals surface area contributed by atoms with E-state index in [2.05, 4.69) is 18.6 Å². The van der Waals surface area contributed by atoms with Gasteiger partial charge >= 0.3 is 0 Å². The molecule has 1 aliphatic carbocycles. The van der Waals surface area contributed by atoms with Crippen molar-refractivity contribution in [2.75, 3.05) is 5.73 Å². The van der Waals surface area contributed by atoms with Gasteiger partial charge in [-0.3, -0.25) is 0 Å². The smallest absolute Gasteiger partial charge is 0.241 e. The molecule has 1 aromatic carbocycles. The second-order valence-electron chi connectivity index (χ2n) is 6.51. The average molecular weight is 310 g/mol. The first-order valence-electron chi connectivity index (χ1n) is 7.60. The topological polar surface area (TPSA) is 72.2 Å². The van der Waals surface area contributed by atoms with Crippen LogP contribution in [0.3, 0.4) is 0 Å². The standard InChI is InChI=1S/C16H26N2O2S/c1-10-5-7-14(9-12(10)3)18-21(19,20)16-11(2)6-8-15(17)13(16)4/h6,8,10,12,14,18H,5,7,9,17H2,1-4H3. The highest BCUT2D eigenvalue weighted by molar-refractivity contribution is 7.89. The number of nitrogens with one attached hydrogen (secondary N) is 1. The molecule has 21 heavy (non-hydrogen) atoms. The molecule has 3 N–H and O–H groups in total. The quantitative estimate of drug-likeness (QED) is 0.843. The molecule has 2 rings (SSSR count). The maximum absolute atomic E-state index is 12.7. The molecular formula is C16H26N2O2S. The molecule has 0 aromatic heterocycles. The van der Waals surface area contributed by atoms with Gasteiger partial charge in [0, 0.05) is 11.7 Å². The molecule has 4 nitrogen and oxygen atoms in total. The van der Waals surface area contributed by atoms with Gasteiger partial charge in [0.25, 0.3) is 0 Å². The molecule has 0 heterocycles. The van der Waals surface area contributed by atoms with Crippen LogP contribution in [0.15, 0.2) is 17.0 Å². The van der Waals surface area contributed by atoms with E-state index in [-0.39, 0.29) is 6.04 Å². The van der Waals surface area contributed by atoms with Crippen LogP contribution in [0.4, 0.5) is 5.69 Å². The molecule has 1 aliphatic rings. The van der Waals surface area contributed by atoms with Crippen LogP contribution < -0.4 is 10.5 Å². The van der Waals surface area contributed by atoms with Crippen LogP contribution in [-0.2, 0) is 10.0 Å². The lowest BCUT2D eigenvalue weighted by Crippen LogP contribution is -2.40. The number of nitrogen functional groups attached to an aromatic ring is 1. The van der Waals surface area contributed by atoms with Gasteiger partial charge in [-0.25, -0.2) is 13.1 Å². The Labute approximate surface area is 128 Å². The lowest BCUT2D eigenvalue weighted by atomic mass is 9.79. The normalized spacial score (nSPS) is 26.8. The molecule has 0 spiro atoms. The van der Waals surface area contributed by atoms with Crippen LogP contribution in [0.25, 0.3) is 0 Å². The number of aryl methyl sites for hydroxylation is 1. The second kappa shape index (κ2) is 5.97. The van der Waals surface area contributed by atoms with E-state index in [1.165, 1.54) is 0 Å². The summed E-state index contributed by atoms with van der Waals surface area (Å²) in [5.74, 6) is 1.22. The van der Waals surface area contributed by atoms with Crippen molar-refractivity contribution in [3.05, 3.63) is 23.3 Å². The Balaban J connectivity index is 2.26. The molecule has 1 fully saturated rings. The second-order valence-corrected chi connectivity index (χ2v) is 8.16. The predicted octanol–water partition coefficient (Wildman–Crippen LogP) is 2.99. The molecule has 118 valence electrons. The molecule has 1 saturated carbocycles. The summed E-state index contributed by atoms with van der Waals surface area (Å²) in [7, 11) is -3.51. The van der Waals surface area contributed by atoms with Gasteiger partial charge in [0.2, 0.25) is 10.0 Å². The molecule has 0 bridgehead atoms. The monoisotopic (exact) mass is 310 g/mol. The highest BCUT2D eigenvalue weighted by Gasteiger charge is 2.29. The number of benzene rings is 1. The zero-order valence-electron chi connectivity index (χ0n) is 13.3.